The molecule has 4 saturated carbocycles. The molecule has 5 aliphatic rings. The third-order valence-corrected chi connectivity index (χ3v) is 10.3. The second-order valence-corrected chi connectivity index (χ2v) is 13.2. The number of rotatable bonds is 6. The molecule has 6 heteroatoms. The first-order chi connectivity index (χ1) is 18.1. The molecule has 2 heterocycles. The Labute approximate surface area is 228 Å². The van der Waals surface area contributed by atoms with E-state index in [4.69, 9.17) is 17.3 Å². The van der Waals surface area contributed by atoms with Gasteiger partial charge in [0.15, 0.2) is 0 Å². The Bertz CT molecular complexity index is 1340. The van der Waals surface area contributed by atoms with E-state index in [2.05, 4.69) is 48.7 Å². The number of benzene rings is 2. The quantitative estimate of drug-likeness (QED) is 0.263. The van der Waals surface area contributed by atoms with E-state index < -0.39 is 0 Å². The maximum Gasteiger partial charge on any atom is 0.266 e. The van der Waals surface area contributed by atoms with Gasteiger partial charge in [0.05, 0.1) is 16.3 Å². The van der Waals surface area contributed by atoms with Crippen molar-refractivity contribution in [3.8, 4) is 5.69 Å². The van der Waals surface area contributed by atoms with Gasteiger partial charge in [-0.1, -0.05) is 72.5 Å². The highest BCUT2D eigenvalue weighted by atomic mass is 32.2. The fraction of sp³-hybridized carbons (Fsp3) is 0.387. The van der Waals surface area contributed by atoms with Crippen molar-refractivity contribution in [3.63, 3.8) is 0 Å². The molecule has 4 nitrogen and oxygen atoms in total. The zero-order valence-electron chi connectivity index (χ0n) is 20.9. The van der Waals surface area contributed by atoms with E-state index in [9.17, 15) is 4.79 Å². The summed E-state index contributed by atoms with van der Waals surface area (Å²) in [5.74, 6) is 2.52. The first kappa shape index (κ1) is 23.4. The molecule has 0 atom stereocenters. The summed E-state index contributed by atoms with van der Waals surface area (Å²) in [7, 11) is 0. The largest absolute Gasteiger partial charge is 0.293 e. The number of thiocarbonyl (C=S) groups is 1. The third-order valence-electron chi connectivity index (χ3n) is 8.93. The summed E-state index contributed by atoms with van der Waals surface area (Å²) >= 11 is 7.10. The zero-order chi connectivity index (χ0) is 25.0. The van der Waals surface area contributed by atoms with Gasteiger partial charge in [-0.2, -0.15) is 5.10 Å². The van der Waals surface area contributed by atoms with E-state index in [0.717, 1.165) is 40.3 Å². The molecule has 3 aromatic rings. The summed E-state index contributed by atoms with van der Waals surface area (Å²) < 4.78 is 2.68. The molecule has 0 unspecified atom stereocenters. The van der Waals surface area contributed by atoms with Crippen LogP contribution in [0.15, 0.2) is 71.8 Å². The smallest absolute Gasteiger partial charge is 0.266 e. The maximum atomic E-state index is 13.5. The molecule has 37 heavy (non-hydrogen) atoms. The molecular weight excluding hydrogens is 494 g/mol. The van der Waals surface area contributed by atoms with Crippen molar-refractivity contribution in [1.82, 2.24) is 14.7 Å². The van der Waals surface area contributed by atoms with Crippen LogP contribution >= 0.6 is 24.0 Å². The highest BCUT2D eigenvalue weighted by Gasteiger charge is 2.53. The van der Waals surface area contributed by atoms with E-state index in [-0.39, 0.29) is 11.3 Å². The van der Waals surface area contributed by atoms with Gasteiger partial charge in [0, 0.05) is 23.7 Å². The zero-order valence-corrected chi connectivity index (χ0v) is 22.5. The Kier molecular flexibility index (Phi) is 5.85. The number of carbonyl (C=O) groups excluding carboxylic acids is 1. The molecule has 0 spiro atoms. The van der Waals surface area contributed by atoms with Crippen molar-refractivity contribution in [2.24, 2.45) is 17.8 Å². The van der Waals surface area contributed by atoms with Crippen LogP contribution in [0.2, 0.25) is 0 Å². The van der Waals surface area contributed by atoms with Gasteiger partial charge in [-0.15, -0.1) is 0 Å². The van der Waals surface area contributed by atoms with Gasteiger partial charge < -0.3 is 0 Å². The van der Waals surface area contributed by atoms with Crippen LogP contribution in [0.3, 0.4) is 0 Å². The monoisotopic (exact) mass is 525 g/mol. The fourth-order valence-electron chi connectivity index (χ4n) is 7.74. The normalized spacial score (nSPS) is 29.6. The van der Waals surface area contributed by atoms with E-state index in [1.807, 2.05) is 28.9 Å². The number of nitrogens with zero attached hydrogens (tertiary/aromatic N) is 3. The number of amides is 1. The second-order valence-electron chi connectivity index (χ2n) is 11.5. The Hall–Kier alpha value is -2.70. The van der Waals surface area contributed by atoms with Crippen molar-refractivity contribution < 1.29 is 4.79 Å². The van der Waals surface area contributed by atoms with Crippen LogP contribution in [0.25, 0.3) is 11.8 Å². The van der Waals surface area contributed by atoms with Crippen LogP contribution in [0.1, 0.15) is 55.3 Å². The number of carbonyl (C=O) groups is 1. The van der Waals surface area contributed by atoms with Gasteiger partial charge in [-0.25, -0.2) is 4.68 Å². The molecule has 0 radical (unpaired) electrons. The molecule has 4 bridgehead atoms. The summed E-state index contributed by atoms with van der Waals surface area (Å²) in [5, 5.41) is 5.26. The number of aromatic nitrogens is 2. The minimum atomic E-state index is 0.0230. The maximum absolute atomic E-state index is 13.5. The molecule has 0 N–H and O–H groups in total. The molecule has 1 aliphatic heterocycles. The fourth-order valence-corrected chi connectivity index (χ4v) is 9.04. The van der Waals surface area contributed by atoms with Crippen LogP contribution in [-0.2, 0) is 16.6 Å². The van der Waals surface area contributed by atoms with Gasteiger partial charge in [-0.3, -0.25) is 9.69 Å². The lowest BCUT2D eigenvalue weighted by atomic mass is 9.48. The molecule has 1 aromatic heterocycles. The minimum absolute atomic E-state index is 0.0230. The van der Waals surface area contributed by atoms with E-state index in [1.165, 1.54) is 61.5 Å². The third kappa shape index (κ3) is 4.28. The molecule has 4 aliphatic carbocycles. The van der Waals surface area contributed by atoms with Crippen LogP contribution in [0, 0.1) is 17.8 Å². The predicted molar refractivity (Wildman–Crippen MR) is 153 cm³/mol. The number of para-hydroxylation sites is 1. The lowest BCUT2D eigenvalue weighted by molar-refractivity contribution is -0.122. The van der Waals surface area contributed by atoms with Gasteiger partial charge in [0.2, 0.25) is 0 Å². The second kappa shape index (κ2) is 9.25. The predicted octanol–water partition coefficient (Wildman–Crippen LogP) is 6.78. The Morgan fingerprint density at radius 1 is 0.946 bits per heavy atom. The molecule has 1 amide bonds. The first-order valence-electron chi connectivity index (χ1n) is 13.5. The number of thioether (sulfide) groups is 1. The molecule has 188 valence electrons. The standard InChI is InChI=1S/C31H31N3OS2/c35-29-27(37-30(36)33(29)12-11-21-7-3-1-4-8-21)16-25-20-34(26-9-5-2-6-10-26)32-28(25)31-17-22-13-23(18-31)15-24(14-22)19-31/h1-10,16,20,22-24H,11-15,17-19H2. The topological polar surface area (TPSA) is 38.1 Å². The number of hydrogen-bond donors (Lipinski definition) is 0. The van der Waals surface area contributed by atoms with E-state index in [0.29, 0.717) is 10.9 Å². The summed E-state index contributed by atoms with van der Waals surface area (Å²) in [5.41, 5.74) is 4.71. The summed E-state index contributed by atoms with van der Waals surface area (Å²) in [4.78, 5) is 16.0. The number of hydrogen-bond acceptors (Lipinski definition) is 4. The van der Waals surface area contributed by atoms with Crippen molar-refractivity contribution >= 4 is 40.3 Å². The molecule has 5 fully saturated rings. The van der Waals surface area contributed by atoms with Crippen molar-refractivity contribution in [3.05, 3.63) is 88.6 Å². The van der Waals surface area contributed by atoms with Gasteiger partial charge >= 0.3 is 0 Å². The average Bonchev–Trinajstić information content (AvgIpc) is 3.44. The van der Waals surface area contributed by atoms with Gasteiger partial charge in [-0.05, 0) is 86.5 Å². The highest BCUT2D eigenvalue weighted by molar-refractivity contribution is 8.26. The van der Waals surface area contributed by atoms with Gasteiger partial charge in [0.25, 0.3) is 5.91 Å². The molecular formula is C31H31N3OS2. The van der Waals surface area contributed by atoms with Crippen LogP contribution < -0.4 is 0 Å². The minimum Gasteiger partial charge on any atom is -0.293 e. The summed E-state index contributed by atoms with van der Waals surface area (Å²) in [6.45, 7) is 0.608. The first-order valence-corrected chi connectivity index (χ1v) is 14.7. The molecule has 2 aromatic carbocycles. The average molecular weight is 526 g/mol. The van der Waals surface area contributed by atoms with Crippen molar-refractivity contribution in [1.29, 1.82) is 0 Å². The van der Waals surface area contributed by atoms with Gasteiger partial charge in [0.1, 0.15) is 4.32 Å². The lowest BCUT2D eigenvalue weighted by Gasteiger charge is -2.56. The molecule has 8 rings (SSSR count). The van der Waals surface area contributed by atoms with E-state index in [1.54, 1.807) is 4.90 Å². The van der Waals surface area contributed by atoms with Crippen LogP contribution in [-0.4, -0.2) is 31.5 Å². The summed E-state index contributed by atoms with van der Waals surface area (Å²) in [6.07, 6.45) is 12.9. The Morgan fingerprint density at radius 3 is 2.22 bits per heavy atom. The van der Waals surface area contributed by atoms with Crippen molar-refractivity contribution in [2.75, 3.05) is 6.54 Å². The van der Waals surface area contributed by atoms with Crippen LogP contribution in [0.5, 0.6) is 0 Å². The summed E-state index contributed by atoms with van der Waals surface area (Å²) in [6, 6.07) is 20.6. The highest BCUT2D eigenvalue weighted by Crippen LogP contribution is 2.61. The van der Waals surface area contributed by atoms with E-state index >= 15 is 0 Å². The lowest BCUT2D eigenvalue weighted by Crippen LogP contribution is -2.49. The Morgan fingerprint density at radius 2 is 1.57 bits per heavy atom. The SMILES string of the molecule is O=C1C(=Cc2cn(-c3ccccc3)nc2C23CC4CC(CC(C4)C2)C3)SC(=S)N1CCc1ccccc1. The molecule has 1 saturated heterocycles. The van der Waals surface area contributed by atoms with Crippen molar-refractivity contribution in [2.45, 2.75) is 50.4 Å². The Balaban J connectivity index is 1.23. The van der Waals surface area contributed by atoms with Crippen LogP contribution in [0.4, 0.5) is 0 Å².